The monoisotopic (exact) mass is 284 g/mol. The van der Waals surface area contributed by atoms with E-state index in [1.807, 2.05) is 0 Å². The Bertz CT molecular complexity index is 382. The van der Waals surface area contributed by atoms with Gasteiger partial charge in [0, 0.05) is 23.5 Å². The minimum atomic E-state index is 0.0159. The molecule has 0 unspecified atom stereocenters. The highest BCUT2D eigenvalue weighted by molar-refractivity contribution is 7.09. The molecule has 0 spiro atoms. The molecule has 2 rings (SSSR count). The maximum Gasteiger partial charge on any atom is 0.202 e. The normalized spacial score (nSPS) is 17.6. The van der Waals surface area contributed by atoms with E-state index in [4.69, 9.17) is 4.74 Å². The lowest BCUT2D eigenvalue weighted by Crippen LogP contribution is -2.33. The van der Waals surface area contributed by atoms with Crippen LogP contribution in [0.25, 0.3) is 0 Å². The Hall–Kier alpha value is -0.720. The SMILES string of the molecule is CC(C)(C)c1nsc(NCCOC2CCNCC2)n1. The lowest BCUT2D eigenvalue weighted by Gasteiger charge is -2.22. The van der Waals surface area contributed by atoms with Crippen molar-refractivity contribution in [3.63, 3.8) is 0 Å². The van der Waals surface area contributed by atoms with E-state index < -0.39 is 0 Å². The third-order valence-corrected chi connectivity index (χ3v) is 3.79. The lowest BCUT2D eigenvalue weighted by atomic mass is 9.96. The summed E-state index contributed by atoms with van der Waals surface area (Å²) in [5.41, 5.74) is 0.0159. The first-order valence-corrected chi connectivity index (χ1v) is 7.73. The molecule has 0 saturated carbocycles. The van der Waals surface area contributed by atoms with Gasteiger partial charge >= 0.3 is 0 Å². The van der Waals surface area contributed by atoms with Crippen molar-refractivity contribution >= 4 is 16.7 Å². The molecule has 1 aromatic heterocycles. The van der Waals surface area contributed by atoms with Crippen LogP contribution >= 0.6 is 11.5 Å². The molecular formula is C13H24N4OS. The van der Waals surface area contributed by atoms with E-state index >= 15 is 0 Å². The summed E-state index contributed by atoms with van der Waals surface area (Å²) >= 11 is 1.42. The van der Waals surface area contributed by atoms with Gasteiger partial charge in [-0.15, -0.1) is 0 Å². The topological polar surface area (TPSA) is 59.1 Å². The predicted molar refractivity (Wildman–Crippen MR) is 78.9 cm³/mol. The van der Waals surface area contributed by atoms with Crippen LogP contribution < -0.4 is 10.6 Å². The van der Waals surface area contributed by atoms with E-state index in [-0.39, 0.29) is 5.41 Å². The molecule has 0 radical (unpaired) electrons. The van der Waals surface area contributed by atoms with Crippen LogP contribution in [0, 0.1) is 0 Å². The Balaban J connectivity index is 1.66. The van der Waals surface area contributed by atoms with Crippen molar-refractivity contribution in [2.75, 3.05) is 31.6 Å². The second kappa shape index (κ2) is 6.63. The molecule has 1 saturated heterocycles. The molecule has 6 heteroatoms. The average Bonchev–Trinajstić information content (AvgIpc) is 2.85. The molecule has 1 aliphatic heterocycles. The summed E-state index contributed by atoms with van der Waals surface area (Å²) in [5, 5.41) is 7.50. The number of piperidine rings is 1. The Morgan fingerprint density at radius 1 is 1.37 bits per heavy atom. The van der Waals surface area contributed by atoms with Gasteiger partial charge in [0.05, 0.1) is 12.7 Å². The van der Waals surface area contributed by atoms with Crippen LogP contribution in [-0.2, 0) is 10.2 Å². The zero-order valence-corrected chi connectivity index (χ0v) is 12.8. The number of hydrogen-bond donors (Lipinski definition) is 2. The van der Waals surface area contributed by atoms with E-state index in [2.05, 4.69) is 40.8 Å². The van der Waals surface area contributed by atoms with Gasteiger partial charge in [-0.25, -0.2) is 4.98 Å². The van der Waals surface area contributed by atoms with Crippen LogP contribution in [0.15, 0.2) is 0 Å². The summed E-state index contributed by atoms with van der Waals surface area (Å²) < 4.78 is 10.2. The Morgan fingerprint density at radius 3 is 2.74 bits per heavy atom. The number of nitrogens with zero attached hydrogens (tertiary/aromatic N) is 2. The van der Waals surface area contributed by atoms with E-state index in [1.54, 1.807) is 0 Å². The highest BCUT2D eigenvalue weighted by Gasteiger charge is 2.19. The minimum absolute atomic E-state index is 0.0159. The van der Waals surface area contributed by atoms with E-state index in [9.17, 15) is 0 Å². The van der Waals surface area contributed by atoms with Crippen molar-refractivity contribution < 1.29 is 4.74 Å². The molecule has 1 aromatic rings. The molecule has 108 valence electrons. The molecule has 1 fully saturated rings. The predicted octanol–water partition coefficient (Wildman–Crippen LogP) is 2.02. The molecule has 0 aliphatic carbocycles. The maximum atomic E-state index is 5.83. The second-order valence-electron chi connectivity index (χ2n) is 5.92. The van der Waals surface area contributed by atoms with Gasteiger partial charge < -0.3 is 15.4 Å². The molecule has 2 heterocycles. The fraction of sp³-hybridized carbons (Fsp3) is 0.846. The zero-order chi connectivity index (χ0) is 13.7. The van der Waals surface area contributed by atoms with Gasteiger partial charge in [-0.2, -0.15) is 4.37 Å². The van der Waals surface area contributed by atoms with Crippen molar-refractivity contribution in [1.82, 2.24) is 14.7 Å². The molecule has 2 N–H and O–H groups in total. The second-order valence-corrected chi connectivity index (χ2v) is 6.67. The Kier molecular flexibility index (Phi) is 5.13. The van der Waals surface area contributed by atoms with Gasteiger partial charge in [-0.3, -0.25) is 0 Å². The van der Waals surface area contributed by atoms with Gasteiger partial charge in [-0.1, -0.05) is 20.8 Å². The Morgan fingerprint density at radius 2 is 2.11 bits per heavy atom. The standard InChI is InChI=1S/C13H24N4OS/c1-13(2,3)11-16-12(19-17-11)15-8-9-18-10-4-6-14-7-5-10/h10,14H,4-9H2,1-3H3,(H,15,16,17). The third kappa shape index (κ3) is 4.71. The van der Waals surface area contributed by atoms with Gasteiger partial charge in [0.1, 0.15) is 5.82 Å². The minimum Gasteiger partial charge on any atom is -0.376 e. The van der Waals surface area contributed by atoms with Gasteiger partial charge in [0.15, 0.2) is 0 Å². The van der Waals surface area contributed by atoms with Gasteiger partial charge in [-0.05, 0) is 25.9 Å². The molecule has 19 heavy (non-hydrogen) atoms. The fourth-order valence-corrected chi connectivity index (χ4v) is 2.73. The molecule has 0 aromatic carbocycles. The summed E-state index contributed by atoms with van der Waals surface area (Å²) in [6.45, 7) is 10.0. The largest absolute Gasteiger partial charge is 0.376 e. The van der Waals surface area contributed by atoms with Crippen LogP contribution in [0.2, 0.25) is 0 Å². The first-order chi connectivity index (χ1) is 9.05. The summed E-state index contributed by atoms with van der Waals surface area (Å²) in [6.07, 6.45) is 2.66. The number of hydrogen-bond acceptors (Lipinski definition) is 6. The number of nitrogens with one attached hydrogen (secondary N) is 2. The van der Waals surface area contributed by atoms with Crippen LogP contribution in [0.5, 0.6) is 0 Å². The van der Waals surface area contributed by atoms with Crippen LogP contribution in [-0.4, -0.2) is 41.7 Å². The number of rotatable bonds is 5. The lowest BCUT2D eigenvalue weighted by molar-refractivity contribution is 0.0394. The summed E-state index contributed by atoms with van der Waals surface area (Å²) in [5.74, 6) is 0.902. The van der Waals surface area contributed by atoms with Crippen molar-refractivity contribution in [2.45, 2.75) is 45.1 Å². The number of anilines is 1. The third-order valence-electron chi connectivity index (χ3n) is 3.11. The zero-order valence-electron chi connectivity index (χ0n) is 12.0. The van der Waals surface area contributed by atoms with Crippen LogP contribution in [0.3, 0.4) is 0 Å². The van der Waals surface area contributed by atoms with E-state index in [1.165, 1.54) is 11.5 Å². The maximum absolute atomic E-state index is 5.83. The molecule has 5 nitrogen and oxygen atoms in total. The fourth-order valence-electron chi connectivity index (χ4n) is 1.95. The summed E-state index contributed by atoms with van der Waals surface area (Å²) in [6, 6.07) is 0. The quantitative estimate of drug-likeness (QED) is 0.810. The Labute approximate surface area is 119 Å². The summed E-state index contributed by atoms with van der Waals surface area (Å²) in [4.78, 5) is 4.50. The number of ether oxygens (including phenoxy) is 1. The smallest absolute Gasteiger partial charge is 0.202 e. The van der Waals surface area contributed by atoms with Crippen LogP contribution in [0.4, 0.5) is 5.13 Å². The molecule has 0 bridgehead atoms. The highest BCUT2D eigenvalue weighted by atomic mass is 32.1. The van der Waals surface area contributed by atoms with Crippen LogP contribution in [0.1, 0.15) is 39.4 Å². The van der Waals surface area contributed by atoms with Crippen molar-refractivity contribution in [3.8, 4) is 0 Å². The van der Waals surface area contributed by atoms with E-state index in [0.717, 1.165) is 50.0 Å². The number of aromatic nitrogens is 2. The molecule has 0 atom stereocenters. The highest BCUT2D eigenvalue weighted by Crippen LogP contribution is 2.22. The molecule has 1 aliphatic rings. The summed E-state index contributed by atoms with van der Waals surface area (Å²) in [7, 11) is 0. The van der Waals surface area contributed by atoms with Crippen molar-refractivity contribution in [1.29, 1.82) is 0 Å². The van der Waals surface area contributed by atoms with E-state index in [0.29, 0.717) is 6.10 Å². The average molecular weight is 284 g/mol. The first kappa shape index (κ1) is 14.7. The van der Waals surface area contributed by atoms with Crippen molar-refractivity contribution in [2.24, 2.45) is 0 Å². The molecular weight excluding hydrogens is 260 g/mol. The van der Waals surface area contributed by atoms with Crippen molar-refractivity contribution in [3.05, 3.63) is 5.82 Å². The molecule has 0 amide bonds. The van der Waals surface area contributed by atoms with Gasteiger partial charge in [0.2, 0.25) is 5.13 Å². The van der Waals surface area contributed by atoms with Gasteiger partial charge in [0.25, 0.3) is 0 Å². The first-order valence-electron chi connectivity index (χ1n) is 6.96.